The van der Waals surface area contributed by atoms with Gasteiger partial charge in [0.05, 0.1) is 13.2 Å². The molecular formula is C52H96O6P2. The van der Waals surface area contributed by atoms with E-state index in [4.69, 9.17) is 13.6 Å². The fourth-order valence-electron chi connectivity index (χ4n) is 7.56. The molecule has 0 fully saturated rings. The summed E-state index contributed by atoms with van der Waals surface area (Å²) >= 11 is 0. The average Bonchev–Trinajstić information content (AvgIpc) is 3.24. The summed E-state index contributed by atoms with van der Waals surface area (Å²) in [6, 6.07) is 20.6. The van der Waals surface area contributed by atoms with Gasteiger partial charge >= 0.3 is 177 Å². The number of hydrogen-bond acceptors (Lipinski definition) is 6. The van der Waals surface area contributed by atoms with Gasteiger partial charge in [-0.3, -0.25) is 0 Å². The van der Waals surface area contributed by atoms with E-state index in [1.165, 1.54) is 166 Å². The third-order valence-electron chi connectivity index (χ3n) is 11.5. The van der Waals surface area contributed by atoms with E-state index < -0.39 is 15.9 Å². The summed E-state index contributed by atoms with van der Waals surface area (Å²) in [6.45, 7) is 8.21. The Hall–Kier alpha value is -1.10. The van der Waals surface area contributed by atoms with Crippen LogP contribution in [0.1, 0.15) is 232 Å². The van der Waals surface area contributed by atoms with Gasteiger partial charge in [0.15, 0.2) is 0 Å². The molecule has 0 saturated carbocycles. The topological polar surface area (TPSA) is 88.4 Å². The van der Waals surface area contributed by atoms with E-state index in [0.29, 0.717) is 0 Å². The van der Waals surface area contributed by atoms with Crippen molar-refractivity contribution in [2.75, 3.05) is 25.5 Å². The number of benzene rings is 2. The molecule has 2 aromatic rings. The molecule has 0 aliphatic rings. The van der Waals surface area contributed by atoms with E-state index in [9.17, 15) is 14.7 Å². The normalized spacial score (nSPS) is 12.3. The molecule has 350 valence electrons. The first-order valence-corrected chi connectivity index (χ1v) is 28.9. The minimum absolute atomic E-state index is 0.194. The number of hydrogen-bond donors (Lipinski definition) is 3. The molecule has 0 atom stereocenters. The van der Waals surface area contributed by atoms with Crippen LogP contribution in [0.4, 0.5) is 0 Å². The molecule has 0 aliphatic carbocycles. The van der Waals surface area contributed by atoms with Crippen LogP contribution in [0.3, 0.4) is 0 Å². The Kier molecular flexibility index (Phi) is 38.6. The quantitative estimate of drug-likeness (QED) is 0.0455. The zero-order valence-electron chi connectivity index (χ0n) is 39.4. The van der Waals surface area contributed by atoms with Gasteiger partial charge in [0.1, 0.15) is 5.75 Å². The van der Waals surface area contributed by atoms with Crippen LogP contribution in [0.15, 0.2) is 60.7 Å². The van der Waals surface area contributed by atoms with Crippen LogP contribution in [0, 0.1) is 0 Å². The van der Waals surface area contributed by atoms with Gasteiger partial charge < -0.3 is 13.6 Å². The predicted octanol–water partition coefficient (Wildman–Crippen LogP) is 17.4. The van der Waals surface area contributed by atoms with Crippen molar-refractivity contribution in [3.63, 3.8) is 0 Å². The Morgan fingerprint density at radius 3 is 1.08 bits per heavy atom. The molecule has 2 aromatic carbocycles. The van der Waals surface area contributed by atoms with Gasteiger partial charge in [-0.1, -0.05) is 140 Å². The van der Waals surface area contributed by atoms with Gasteiger partial charge in [0.2, 0.25) is 0 Å². The Bertz CT molecular complexity index is 1120. The van der Waals surface area contributed by atoms with Crippen molar-refractivity contribution in [2.24, 2.45) is 0 Å². The van der Waals surface area contributed by atoms with Gasteiger partial charge in [-0.15, -0.1) is 0 Å². The van der Waals surface area contributed by atoms with Crippen molar-refractivity contribution in [2.45, 2.75) is 233 Å². The molecule has 0 radical (unpaired) electrons. The van der Waals surface area contributed by atoms with E-state index in [1.807, 2.05) is 30.3 Å². The first-order valence-electron chi connectivity index (χ1n) is 25.4. The summed E-state index contributed by atoms with van der Waals surface area (Å²) < 4.78 is 17.9. The third-order valence-corrected chi connectivity index (χ3v) is 15.1. The standard InChI is InChI=1S/C26H47O3P.C26H49O3P/c1-3-5-7-9-11-13-15-20-24-27-30(29-26-22-18-17-19-23-26)28-25-21-16-14-12-10-8-6-4-2;1-2-3-4-5-6-10-13-19-24-30(27,28,29)25-20-14-11-8-7-9-12-16-21-26-22-17-15-18-23-26/h17-19,22-23H,3-16,20-21,24-25H2,1-2H3;15,17-18,22-23,27-29H,2-14,16,19-21,24-25H2,1H3. The van der Waals surface area contributed by atoms with Crippen molar-refractivity contribution < 1.29 is 28.3 Å². The minimum atomic E-state index is -4.37. The minimum Gasteiger partial charge on any atom is -0.0622 e. The second kappa shape index (κ2) is 40.7. The van der Waals surface area contributed by atoms with Crippen LogP contribution in [0.2, 0.25) is 0 Å². The SMILES string of the molecule is CCCCCCCCCCOP(OCCCCCCCCCC)Oc1ccccc1.CCCCCCCCCCP(O)(O)(O)CCCCCCCCCCc1ccccc1. The molecule has 0 amide bonds. The summed E-state index contributed by atoms with van der Waals surface area (Å²) in [7, 11) is -5.68. The number of rotatable bonds is 42. The van der Waals surface area contributed by atoms with E-state index >= 15 is 0 Å². The van der Waals surface area contributed by atoms with Crippen LogP contribution in [-0.2, 0) is 15.5 Å². The molecule has 0 aromatic heterocycles. The van der Waals surface area contributed by atoms with Gasteiger partial charge in [0, 0.05) is 0 Å². The Morgan fingerprint density at radius 1 is 0.383 bits per heavy atom. The molecule has 8 heteroatoms. The Labute approximate surface area is 373 Å². The number of unbranched alkanes of at least 4 members (excludes halogenated alkanes) is 28. The summed E-state index contributed by atoms with van der Waals surface area (Å²) in [4.78, 5) is 30.9. The van der Waals surface area contributed by atoms with E-state index in [2.05, 4.69) is 51.1 Å². The molecule has 0 saturated heterocycles. The number of aryl methyl sites for hydroxylation is 1. The monoisotopic (exact) mass is 879 g/mol. The molecular weight excluding hydrogens is 783 g/mol. The van der Waals surface area contributed by atoms with Crippen LogP contribution in [0.25, 0.3) is 0 Å². The smallest absolute Gasteiger partial charge is 0.0622 e. The van der Waals surface area contributed by atoms with E-state index in [0.717, 1.165) is 70.3 Å². The van der Waals surface area contributed by atoms with Gasteiger partial charge in [0.25, 0.3) is 0 Å². The summed E-state index contributed by atoms with van der Waals surface area (Å²) in [5.74, 6) is 0.829. The van der Waals surface area contributed by atoms with E-state index in [-0.39, 0.29) is 12.3 Å². The first kappa shape index (κ1) is 56.9. The summed E-state index contributed by atoms with van der Waals surface area (Å²) in [5, 5.41) is 0. The first-order chi connectivity index (χ1) is 29.3. The molecule has 2 rings (SSSR count). The maximum absolute atomic E-state index is 10.3. The van der Waals surface area contributed by atoms with Crippen LogP contribution >= 0.6 is 15.9 Å². The molecule has 6 nitrogen and oxygen atoms in total. The summed E-state index contributed by atoms with van der Waals surface area (Å²) in [5.41, 5.74) is 1.43. The van der Waals surface area contributed by atoms with Crippen molar-refractivity contribution in [1.82, 2.24) is 0 Å². The van der Waals surface area contributed by atoms with E-state index in [1.54, 1.807) is 0 Å². The second-order valence-corrected chi connectivity index (χ2v) is 22.3. The molecule has 0 unspecified atom stereocenters. The van der Waals surface area contributed by atoms with Gasteiger partial charge in [-0.25, -0.2) is 0 Å². The van der Waals surface area contributed by atoms with Crippen LogP contribution in [0.5, 0.6) is 5.75 Å². The molecule has 0 bridgehead atoms. The average molecular weight is 879 g/mol. The Balaban J connectivity index is 0.000000600. The van der Waals surface area contributed by atoms with Crippen molar-refractivity contribution in [3.8, 4) is 5.75 Å². The molecule has 3 N–H and O–H groups in total. The second-order valence-electron chi connectivity index (χ2n) is 17.6. The third kappa shape index (κ3) is 38.6. The van der Waals surface area contributed by atoms with Gasteiger partial charge in [-0.05, 0) is 25.0 Å². The zero-order chi connectivity index (χ0) is 43.5. The van der Waals surface area contributed by atoms with Gasteiger partial charge in [-0.2, -0.15) is 0 Å². The van der Waals surface area contributed by atoms with Crippen LogP contribution < -0.4 is 4.52 Å². The maximum atomic E-state index is 10.3. The zero-order valence-corrected chi connectivity index (χ0v) is 41.2. The molecule has 0 spiro atoms. The van der Waals surface area contributed by atoms with Crippen molar-refractivity contribution >= 4 is 15.9 Å². The van der Waals surface area contributed by atoms with Crippen LogP contribution in [-0.4, -0.2) is 40.2 Å². The predicted molar refractivity (Wildman–Crippen MR) is 264 cm³/mol. The van der Waals surface area contributed by atoms with Crippen molar-refractivity contribution in [1.29, 1.82) is 0 Å². The van der Waals surface area contributed by atoms with Crippen molar-refractivity contribution in [3.05, 3.63) is 66.2 Å². The molecule has 0 aliphatic heterocycles. The number of para-hydroxylation sites is 1. The fraction of sp³-hybridized carbons (Fsp3) is 0.769. The summed E-state index contributed by atoms with van der Waals surface area (Å²) in [6.07, 6.45) is 40.8. The Morgan fingerprint density at radius 2 is 0.700 bits per heavy atom. The fourth-order valence-corrected chi connectivity index (χ4v) is 10.6. The molecule has 60 heavy (non-hydrogen) atoms. The molecule has 0 heterocycles.